The van der Waals surface area contributed by atoms with E-state index in [0.29, 0.717) is 22.0 Å². The Balaban J connectivity index is 2.27. The number of carbonyl (C=O) groups is 2. The topological polar surface area (TPSA) is 92.8 Å². The fourth-order valence-electron chi connectivity index (χ4n) is 2.80. The van der Waals surface area contributed by atoms with Crippen molar-refractivity contribution in [1.29, 1.82) is 0 Å². The van der Waals surface area contributed by atoms with Gasteiger partial charge in [-0.15, -0.1) is 0 Å². The average molecular weight is 439 g/mol. The summed E-state index contributed by atoms with van der Waals surface area (Å²) in [6, 6.07) is 11.5. The number of hydrogen-bond acceptors (Lipinski definition) is 5. The van der Waals surface area contributed by atoms with Gasteiger partial charge in [0.15, 0.2) is 0 Å². The highest BCUT2D eigenvalue weighted by Crippen LogP contribution is 2.26. The van der Waals surface area contributed by atoms with Crippen molar-refractivity contribution in [2.45, 2.75) is 26.3 Å². The fourth-order valence-corrected chi connectivity index (χ4v) is 4.19. The maximum atomic E-state index is 12.9. The zero-order valence-electron chi connectivity index (χ0n) is 16.4. The van der Waals surface area contributed by atoms with Crippen molar-refractivity contribution in [3.05, 3.63) is 59.1 Å². The zero-order valence-corrected chi connectivity index (χ0v) is 18.0. The number of anilines is 2. The number of rotatable bonds is 8. The first-order chi connectivity index (χ1) is 13.7. The van der Waals surface area contributed by atoms with E-state index < -0.39 is 27.9 Å². The van der Waals surface area contributed by atoms with E-state index in [-0.39, 0.29) is 13.0 Å². The van der Waals surface area contributed by atoms with E-state index in [1.807, 2.05) is 0 Å². The maximum absolute atomic E-state index is 12.9. The molecular formula is C20H23ClN2O5S. The lowest BCUT2D eigenvalue weighted by molar-refractivity contribution is -0.117. The molecule has 0 bridgehead atoms. The minimum Gasteiger partial charge on any atom is -0.462 e. The molecule has 0 spiro atoms. The summed E-state index contributed by atoms with van der Waals surface area (Å²) in [5, 5.41) is 3.06. The molecule has 0 aliphatic carbocycles. The Kier molecular flexibility index (Phi) is 7.64. The van der Waals surface area contributed by atoms with Crippen LogP contribution in [0.4, 0.5) is 11.4 Å². The number of benzene rings is 2. The SMILES string of the molecule is CCOC(=O)c1ccc(NC(=O)C(CC)N(c2cccc(Cl)c2)S(C)(=O)=O)cc1. The number of nitrogens with one attached hydrogen (secondary N) is 1. The van der Waals surface area contributed by atoms with Crippen molar-refractivity contribution in [2.75, 3.05) is 22.5 Å². The second-order valence-corrected chi connectivity index (χ2v) is 8.55. The summed E-state index contributed by atoms with van der Waals surface area (Å²) in [5.74, 6) is -0.956. The maximum Gasteiger partial charge on any atom is 0.338 e. The van der Waals surface area contributed by atoms with Gasteiger partial charge in [-0.3, -0.25) is 9.10 Å². The molecule has 0 saturated carbocycles. The molecule has 156 valence electrons. The predicted molar refractivity (Wildman–Crippen MR) is 114 cm³/mol. The van der Waals surface area contributed by atoms with Gasteiger partial charge in [-0.1, -0.05) is 24.6 Å². The van der Waals surface area contributed by atoms with Gasteiger partial charge in [0.05, 0.1) is 24.1 Å². The molecule has 29 heavy (non-hydrogen) atoms. The summed E-state index contributed by atoms with van der Waals surface area (Å²) < 4.78 is 30.8. The monoisotopic (exact) mass is 438 g/mol. The number of ether oxygens (including phenoxy) is 1. The third-order valence-corrected chi connectivity index (χ3v) is 5.47. The van der Waals surface area contributed by atoms with Gasteiger partial charge in [0.25, 0.3) is 0 Å². The minimum absolute atomic E-state index is 0.242. The van der Waals surface area contributed by atoms with Crippen molar-refractivity contribution >= 4 is 44.9 Å². The molecule has 2 aromatic rings. The normalized spacial score (nSPS) is 12.1. The van der Waals surface area contributed by atoms with Crippen LogP contribution in [0.1, 0.15) is 30.6 Å². The Morgan fingerprint density at radius 3 is 2.31 bits per heavy atom. The highest BCUT2D eigenvalue weighted by Gasteiger charge is 2.31. The Bertz CT molecular complexity index is 977. The van der Waals surface area contributed by atoms with Crippen molar-refractivity contribution in [1.82, 2.24) is 0 Å². The molecular weight excluding hydrogens is 416 g/mol. The molecule has 0 saturated heterocycles. The van der Waals surface area contributed by atoms with Gasteiger partial charge in [0.2, 0.25) is 15.9 Å². The summed E-state index contributed by atoms with van der Waals surface area (Å²) in [6.45, 7) is 3.70. The van der Waals surface area contributed by atoms with Gasteiger partial charge in [-0.05, 0) is 55.8 Å². The number of hydrogen-bond donors (Lipinski definition) is 1. The zero-order chi connectivity index (χ0) is 21.6. The van der Waals surface area contributed by atoms with Gasteiger partial charge >= 0.3 is 5.97 Å². The number of nitrogens with zero attached hydrogens (tertiary/aromatic N) is 1. The second-order valence-electron chi connectivity index (χ2n) is 6.25. The van der Waals surface area contributed by atoms with E-state index >= 15 is 0 Å². The molecule has 0 aromatic heterocycles. The lowest BCUT2D eigenvalue weighted by Gasteiger charge is -2.30. The summed E-state index contributed by atoms with van der Waals surface area (Å²) in [6.07, 6.45) is 1.28. The minimum atomic E-state index is -3.75. The van der Waals surface area contributed by atoms with Crippen LogP contribution in [0.5, 0.6) is 0 Å². The second kappa shape index (κ2) is 9.76. The Morgan fingerprint density at radius 2 is 1.79 bits per heavy atom. The van der Waals surface area contributed by atoms with Crippen LogP contribution in [0.2, 0.25) is 5.02 Å². The Morgan fingerprint density at radius 1 is 1.14 bits per heavy atom. The van der Waals surface area contributed by atoms with E-state index in [4.69, 9.17) is 16.3 Å². The van der Waals surface area contributed by atoms with Crippen molar-refractivity contribution in [2.24, 2.45) is 0 Å². The number of esters is 1. The van der Waals surface area contributed by atoms with E-state index in [1.54, 1.807) is 44.2 Å². The number of halogens is 1. The standard InChI is InChI=1S/C20H23ClN2O5S/c1-4-18(23(29(3,26)27)17-8-6-7-15(21)13-17)19(24)22-16-11-9-14(10-12-16)20(25)28-5-2/h6-13,18H,4-5H2,1-3H3,(H,22,24). The van der Waals surface area contributed by atoms with Gasteiger partial charge in [-0.25, -0.2) is 13.2 Å². The summed E-state index contributed by atoms with van der Waals surface area (Å²) >= 11 is 6.00. The van der Waals surface area contributed by atoms with Crippen LogP contribution in [-0.4, -0.2) is 39.2 Å². The molecule has 7 nitrogen and oxygen atoms in total. The van der Waals surface area contributed by atoms with Gasteiger partial charge in [0.1, 0.15) is 6.04 Å². The first-order valence-electron chi connectivity index (χ1n) is 9.00. The smallest absolute Gasteiger partial charge is 0.338 e. The predicted octanol–water partition coefficient (Wildman–Crippen LogP) is 3.70. The first kappa shape index (κ1) is 22.7. The molecule has 1 amide bonds. The molecule has 9 heteroatoms. The molecule has 0 heterocycles. The van der Waals surface area contributed by atoms with Crippen LogP contribution in [-0.2, 0) is 19.6 Å². The van der Waals surface area contributed by atoms with E-state index in [1.165, 1.54) is 18.2 Å². The van der Waals surface area contributed by atoms with Crippen molar-refractivity contribution in [3.8, 4) is 0 Å². The molecule has 0 aliphatic rings. The van der Waals surface area contributed by atoms with Crippen LogP contribution >= 0.6 is 11.6 Å². The lowest BCUT2D eigenvalue weighted by atomic mass is 10.1. The molecule has 2 aromatic carbocycles. The van der Waals surface area contributed by atoms with E-state index in [0.717, 1.165) is 10.6 Å². The molecule has 0 aliphatic heterocycles. The van der Waals surface area contributed by atoms with Gasteiger partial charge in [-0.2, -0.15) is 0 Å². The number of carbonyl (C=O) groups excluding carboxylic acids is 2. The quantitative estimate of drug-likeness (QED) is 0.634. The lowest BCUT2D eigenvalue weighted by Crippen LogP contribution is -2.47. The van der Waals surface area contributed by atoms with Crippen LogP contribution in [0.3, 0.4) is 0 Å². The number of sulfonamides is 1. The van der Waals surface area contributed by atoms with Crippen LogP contribution in [0.15, 0.2) is 48.5 Å². The third-order valence-electron chi connectivity index (χ3n) is 4.06. The fraction of sp³-hybridized carbons (Fsp3) is 0.300. The van der Waals surface area contributed by atoms with Crippen molar-refractivity contribution < 1.29 is 22.7 Å². The summed E-state index contributed by atoms with van der Waals surface area (Å²) in [7, 11) is -3.75. The molecule has 2 rings (SSSR count). The molecule has 0 radical (unpaired) electrons. The molecule has 1 N–H and O–H groups in total. The Hall–Kier alpha value is -2.58. The average Bonchev–Trinajstić information content (AvgIpc) is 2.65. The van der Waals surface area contributed by atoms with E-state index in [9.17, 15) is 18.0 Å². The van der Waals surface area contributed by atoms with Crippen LogP contribution in [0.25, 0.3) is 0 Å². The highest BCUT2D eigenvalue weighted by molar-refractivity contribution is 7.92. The number of amides is 1. The molecule has 1 unspecified atom stereocenters. The Labute approximate surface area is 175 Å². The van der Waals surface area contributed by atoms with Crippen LogP contribution in [0, 0.1) is 0 Å². The largest absolute Gasteiger partial charge is 0.462 e. The van der Waals surface area contributed by atoms with E-state index in [2.05, 4.69) is 5.32 Å². The molecule has 0 fully saturated rings. The van der Waals surface area contributed by atoms with Crippen molar-refractivity contribution in [3.63, 3.8) is 0 Å². The van der Waals surface area contributed by atoms with Gasteiger partial charge < -0.3 is 10.1 Å². The summed E-state index contributed by atoms with van der Waals surface area (Å²) in [5.41, 5.74) is 1.09. The molecule has 1 atom stereocenters. The summed E-state index contributed by atoms with van der Waals surface area (Å²) in [4.78, 5) is 24.6. The first-order valence-corrected chi connectivity index (χ1v) is 11.2. The van der Waals surface area contributed by atoms with Gasteiger partial charge in [0, 0.05) is 10.7 Å². The van der Waals surface area contributed by atoms with Crippen LogP contribution < -0.4 is 9.62 Å². The highest BCUT2D eigenvalue weighted by atomic mass is 35.5. The third kappa shape index (κ3) is 5.95.